The van der Waals surface area contributed by atoms with Crippen LogP contribution >= 0.6 is 0 Å². The van der Waals surface area contributed by atoms with Crippen LogP contribution in [0.5, 0.6) is 0 Å². The van der Waals surface area contributed by atoms with Crippen molar-refractivity contribution in [2.24, 2.45) is 5.92 Å². The molecular formula is C13H21N3O2. The fourth-order valence-corrected chi connectivity index (χ4v) is 2.46. The van der Waals surface area contributed by atoms with Crippen LogP contribution in [0.25, 0.3) is 0 Å². The van der Waals surface area contributed by atoms with E-state index in [-0.39, 0.29) is 12.0 Å². The molecule has 5 nitrogen and oxygen atoms in total. The SMILES string of the molecule is COCCCN1C[C@@H](Cc2cnccn2)[C@H](O)C1. The van der Waals surface area contributed by atoms with Crippen molar-refractivity contribution in [1.82, 2.24) is 14.9 Å². The van der Waals surface area contributed by atoms with Crippen molar-refractivity contribution in [3.63, 3.8) is 0 Å². The van der Waals surface area contributed by atoms with Gasteiger partial charge in [-0.25, -0.2) is 0 Å². The van der Waals surface area contributed by atoms with Gasteiger partial charge in [-0.05, 0) is 12.8 Å². The Bertz CT molecular complexity index is 347. The molecule has 1 fully saturated rings. The third-order valence-corrected chi connectivity index (χ3v) is 3.39. The second-order valence-corrected chi connectivity index (χ2v) is 4.83. The van der Waals surface area contributed by atoms with Crippen molar-refractivity contribution < 1.29 is 9.84 Å². The van der Waals surface area contributed by atoms with Gasteiger partial charge in [0.05, 0.1) is 11.8 Å². The maximum atomic E-state index is 10.1. The van der Waals surface area contributed by atoms with Gasteiger partial charge in [0, 0.05) is 57.9 Å². The number of hydrogen-bond donors (Lipinski definition) is 1. The maximum Gasteiger partial charge on any atom is 0.0711 e. The minimum atomic E-state index is -0.255. The second-order valence-electron chi connectivity index (χ2n) is 4.83. The van der Waals surface area contributed by atoms with Gasteiger partial charge in [0.1, 0.15) is 0 Å². The highest BCUT2D eigenvalue weighted by molar-refractivity contribution is 4.99. The number of β-amino-alcohol motifs (C(OH)–C–C–N with tert-alkyl or cyclic N) is 1. The maximum absolute atomic E-state index is 10.1. The first-order chi connectivity index (χ1) is 8.79. The van der Waals surface area contributed by atoms with Gasteiger partial charge >= 0.3 is 0 Å². The number of aliphatic hydroxyl groups is 1. The number of rotatable bonds is 6. The van der Waals surface area contributed by atoms with Gasteiger partial charge < -0.3 is 14.7 Å². The molecule has 100 valence electrons. The number of aliphatic hydroxyl groups excluding tert-OH is 1. The summed E-state index contributed by atoms with van der Waals surface area (Å²) < 4.78 is 5.04. The molecule has 18 heavy (non-hydrogen) atoms. The van der Waals surface area contributed by atoms with E-state index in [1.54, 1.807) is 25.7 Å². The van der Waals surface area contributed by atoms with E-state index in [4.69, 9.17) is 4.74 Å². The summed E-state index contributed by atoms with van der Waals surface area (Å²) in [6.07, 6.45) is 6.71. The van der Waals surface area contributed by atoms with Crippen LogP contribution in [0, 0.1) is 5.92 Å². The summed E-state index contributed by atoms with van der Waals surface area (Å²) in [5, 5.41) is 10.1. The number of aromatic nitrogens is 2. The van der Waals surface area contributed by atoms with Gasteiger partial charge in [-0.1, -0.05) is 0 Å². The van der Waals surface area contributed by atoms with Crippen LogP contribution in [-0.4, -0.2) is 59.4 Å². The van der Waals surface area contributed by atoms with E-state index < -0.39 is 0 Å². The largest absolute Gasteiger partial charge is 0.391 e. The Balaban J connectivity index is 1.80. The average Bonchev–Trinajstić information content (AvgIpc) is 2.72. The molecule has 2 heterocycles. The molecule has 2 rings (SSSR count). The number of likely N-dealkylation sites (tertiary alicyclic amines) is 1. The number of nitrogens with zero attached hydrogens (tertiary/aromatic N) is 3. The zero-order chi connectivity index (χ0) is 12.8. The molecule has 0 amide bonds. The van der Waals surface area contributed by atoms with E-state index >= 15 is 0 Å². The fraction of sp³-hybridized carbons (Fsp3) is 0.692. The Morgan fingerprint density at radius 3 is 3.06 bits per heavy atom. The van der Waals surface area contributed by atoms with Gasteiger partial charge in [-0.2, -0.15) is 0 Å². The number of ether oxygens (including phenoxy) is 1. The smallest absolute Gasteiger partial charge is 0.0711 e. The molecular weight excluding hydrogens is 230 g/mol. The van der Waals surface area contributed by atoms with Crippen molar-refractivity contribution in [1.29, 1.82) is 0 Å². The normalized spacial score (nSPS) is 24.6. The third-order valence-electron chi connectivity index (χ3n) is 3.39. The van der Waals surface area contributed by atoms with Crippen LogP contribution in [0.1, 0.15) is 12.1 Å². The minimum Gasteiger partial charge on any atom is -0.391 e. The average molecular weight is 251 g/mol. The van der Waals surface area contributed by atoms with E-state index in [1.165, 1.54) is 0 Å². The molecule has 0 radical (unpaired) electrons. The van der Waals surface area contributed by atoms with Crippen molar-refractivity contribution >= 4 is 0 Å². The molecule has 1 aromatic heterocycles. The van der Waals surface area contributed by atoms with E-state index in [2.05, 4.69) is 14.9 Å². The molecule has 0 aliphatic carbocycles. The lowest BCUT2D eigenvalue weighted by Crippen LogP contribution is -2.23. The fourth-order valence-electron chi connectivity index (χ4n) is 2.46. The topological polar surface area (TPSA) is 58.5 Å². The molecule has 0 aromatic carbocycles. The zero-order valence-corrected chi connectivity index (χ0v) is 10.8. The molecule has 0 unspecified atom stereocenters. The first-order valence-corrected chi connectivity index (χ1v) is 6.44. The lowest BCUT2D eigenvalue weighted by atomic mass is 10.0. The highest BCUT2D eigenvalue weighted by Gasteiger charge is 2.31. The van der Waals surface area contributed by atoms with Crippen molar-refractivity contribution in [2.75, 3.05) is 33.4 Å². The minimum absolute atomic E-state index is 0.255. The summed E-state index contributed by atoms with van der Waals surface area (Å²) in [4.78, 5) is 10.6. The Kier molecular flexibility index (Phi) is 5.04. The van der Waals surface area contributed by atoms with Crippen molar-refractivity contribution in [3.05, 3.63) is 24.3 Å². The van der Waals surface area contributed by atoms with Crippen molar-refractivity contribution in [3.8, 4) is 0 Å². The zero-order valence-electron chi connectivity index (χ0n) is 10.8. The Morgan fingerprint density at radius 2 is 2.33 bits per heavy atom. The summed E-state index contributed by atoms with van der Waals surface area (Å²) in [6, 6.07) is 0. The summed E-state index contributed by atoms with van der Waals surface area (Å²) in [5.74, 6) is 0.268. The number of hydrogen-bond acceptors (Lipinski definition) is 5. The van der Waals surface area contributed by atoms with Gasteiger partial charge in [0.15, 0.2) is 0 Å². The van der Waals surface area contributed by atoms with Crippen LogP contribution in [0.15, 0.2) is 18.6 Å². The van der Waals surface area contributed by atoms with E-state index in [1.807, 2.05) is 0 Å². The lowest BCUT2D eigenvalue weighted by Gasteiger charge is -2.14. The monoisotopic (exact) mass is 251 g/mol. The summed E-state index contributed by atoms with van der Waals surface area (Å²) in [6.45, 7) is 3.46. The van der Waals surface area contributed by atoms with Crippen LogP contribution in [-0.2, 0) is 11.2 Å². The van der Waals surface area contributed by atoms with Crippen molar-refractivity contribution in [2.45, 2.75) is 18.9 Å². The molecule has 1 saturated heterocycles. The van der Waals surface area contributed by atoms with E-state index in [0.29, 0.717) is 0 Å². The molecule has 0 bridgehead atoms. The molecule has 2 atom stereocenters. The first-order valence-electron chi connectivity index (χ1n) is 6.44. The molecule has 1 N–H and O–H groups in total. The van der Waals surface area contributed by atoms with Crippen LogP contribution in [0.3, 0.4) is 0 Å². The number of methoxy groups -OCH3 is 1. The lowest BCUT2D eigenvalue weighted by molar-refractivity contribution is 0.138. The Morgan fingerprint density at radius 1 is 1.44 bits per heavy atom. The molecule has 1 aromatic rings. The highest BCUT2D eigenvalue weighted by atomic mass is 16.5. The standard InChI is InChI=1S/C13H21N3O2/c1-18-6-2-5-16-9-11(13(17)10-16)7-12-8-14-3-4-15-12/h3-4,8,11,13,17H,2,5-7,9-10H2,1H3/t11-,13-/m1/s1. The summed E-state index contributed by atoms with van der Waals surface area (Å²) >= 11 is 0. The van der Waals surface area contributed by atoms with Gasteiger partial charge in [-0.3, -0.25) is 9.97 Å². The van der Waals surface area contributed by atoms with Crippen LogP contribution in [0.2, 0.25) is 0 Å². The highest BCUT2D eigenvalue weighted by Crippen LogP contribution is 2.20. The quantitative estimate of drug-likeness (QED) is 0.739. The van der Waals surface area contributed by atoms with Gasteiger partial charge in [0.25, 0.3) is 0 Å². The summed E-state index contributed by atoms with van der Waals surface area (Å²) in [7, 11) is 1.72. The molecule has 1 aliphatic heterocycles. The molecule has 0 spiro atoms. The first kappa shape index (κ1) is 13.4. The van der Waals surface area contributed by atoms with Crippen LogP contribution in [0.4, 0.5) is 0 Å². The van der Waals surface area contributed by atoms with E-state index in [0.717, 1.165) is 44.8 Å². The molecule has 1 aliphatic rings. The van der Waals surface area contributed by atoms with Crippen LogP contribution < -0.4 is 0 Å². The Labute approximate surface area is 108 Å². The van der Waals surface area contributed by atoms with Gasteiger partial charge in [-0.15, -0.1) is 0 Å². The Hall–Kier alpha value is -1.04. The second kappa shape index (κ2) is 6.78. The predicted molar refractivity (Wildman–Crippen MR) is 68.2 cm³/mol. The summed E-state index contributed by atoms with van der Waals surface area (Å²) in [5.41, 5.74) is 0.959. The molecule has 0 saturated carbocycles. The third kappa shape index (κ3) is 3.73. The van der Waals surface area contributed by atoms with Gasteiger partial charge in [0.2, 0.25) is 0 Å². The predicted octanol–water partition coefficient (Wildman–Crippen LogP) is 0.348. The van der Waals surface area contributed by atoms with E-state index in [9.17, 15) is 5.11 Å². The molecule has 5 heteroatoms.